The molecule has 0 fully saturated rings. The first kappa shape index (κ1) is 11.0. The summed E-state index contributed by atoms with van der Waals surface area (Å²) in [6, 6.07) is 7.99. The molecule has 88 valence electrons. The van der Waals surface area contributed by atoms with Gasteiger partial charge in [0.05, 0.1) is 5.69 Å². The molecular weight excluding hydrogens is 254 g/mol. The average molecular weight is 266 g/mol. The molecule has 0 saturated heterocycles. The number of thiazole rings is 1. The summed E-state index contributed by atoms with van der Waals surface area (Å²) >= 11 is 7.57. The van der Waals surface area contributed by atoms with Crippen LogP contribution in [0.25, 0.3) is 0 Å². The van der Waals surface area contributed by atoms with Crippen LogP contribution in [0.15, 0.2) is 24.3 Å². The van der Waals surface area contributed by atoms with Crippen molar-refractivity contribution in [3.63, 3.8) is 0 Å². The van der Waals surface area contributed by atoms with Gasteiger partial charge in [-0.05, 0) is 17.7 Å². The molecule has 17 heavy (non-hydrogen) atoms. The van der Waals surface area contributed by atoms with Crippen LogP contribution in [0.4, 0.5) is 5.13 Å². The van der Waals surface area contributed by atoms with Gasteiger partial charge >= 0.3 is 0 Å². The lowest BCUT2D eigenvalue weighted by molar-refractivity contribution is 0.275. The molecule has 0 spiro atoms. The van der Waals surface area contributed by atoms with E-state index in [2.05, 4.69) is 16.0 Å². The minimum absolute atomic E-state index is 0.678. The lowest BCUT2D eigenvalue weighted by Crippen LogP contribution is -2.16. The third-order valence-electron chi connectivity index (χ3n) is 2.83. The predicted molar refractivity (Wildman–Crippen MR) is 70.9 cm³/mol. The third kappa shape index (κ3) is 2.29. The van der Waals surface area contributed by atoms with Crippen molar-refractivity contribution in [3.8, 4) is 0 Å². The Morgan fingerprint density at radius 2 is 2.29 bits per heavy atom. The Kier molecular flexibility index (Phi) is 2.78. The average Bonchev–Trinajstić information content (AvgIpc) is 2.74. The Balaban J connectivity index is 1.71. The highest BCUT2D eigenvalue weighted by atomic mass is 35.5. The highest BCUT2D eigenvalue weighted by molar-refractivity contribution is 7.15. The van der Waals surface area contributed by atoms with E-state index in [1.807, 2.05) is 18.2 Å². The number of rotatable bonds is 2. The van der Waals surface area contributed by atoms with Crippen molar-refractivity contribution in [1.29, 1.82) is 0 Å². The molecule has 0 unspecified atom stereocenters. The van der Waals surface area contributed by atoms with Crippen molar-refractivity contribution < 1.29 is 0 Å². The summed E-state index contributed by atoms with van der Waals surface area (Å²) in [6.07, 6.45) is 0. The number of aromatic nitrogens is 1. The number of anilines is 1. The van der Waals surface area contributed by atoms with Gasteiger partial charge < -0.3 is 5.73 Å². The lowest BCUT2D eigenvalue weighted by atomic mass is 10.2. The number of hydrogen-bond donors (Lipinski definition) is 1. The van der Waals surface area contributed by atoms with Crippen LogP contribution >= 0.6 is 22.9 Å². The van der Waals surface area contributed by atoms with Crippen molar-refractivity contribution in [3.05, 3.63) is 45.4 Å². The van der Waals surface area contributed by atoms with Gasteiger partial charge in [-0.2, -0.15) is 0 Å². The number of halogens is 1. The van der Waals surface area contributed by atoms with Crippen LogP contribution in [-0.4, -0.2) is 9.88 Å². The Bertz CT molecular complexity index is 529. The van der Waals surface area contributed by atoms with Gasteiger partial charge in [-0.25, -0.2) is 4.98 Å². The molecule has 0 bridgehead atoms. The van der Waals surface area contributed by atoms with Crippen molar-refractivity contribution >= 4 is 28.1 Å². The first-order valence-corrected chi connectivity index (χ1v) is 6.61. The van der Waals surface area contributed by atoms with Crippen LogP contribution in [-0.2, 0) is 19.6 Å². The summed E-state index contributed by atoms with van der Waals surface area (Å²) in [4.78, 5) is 7.97. The van der Waals surface area contributed by atoms with Gasteiger partial charge in [0.25, 0.3) is 0 Å². The summed E-state index contributed by atoms with van der Waals surface area (Å²) in [6.45, 7) is 2.73. The lowest BCUT2D eigenvalue weighted by Gasteiger charge is -2.14. The molecule has 2 aromatic rings. The minimum Gasteiger partial charge on any atom is -0.375 e. The summed E-state index contributed by atoms with van der Waals surface area (Å²) in [5.74, 6) is 0. The molecule has 5 heteroatoms. The molecule has 2 heterocycles. The minimum atomic E-state index is 0.678. The summed E-state index contributed by atoms with van der Waals surface area (Å²) in [5.41, 5.74) is 8.05. The highest BCUT2D eigenvalue weighted by Crippen LogP contribution is 2.30. The fourth-order valence-electron chi connectivity index (χ4n) is 2.13. The van der Waals surface area contributed by atoms with Gasteiger partial charge in [-0.15, -0.1) is 11.3 Å². The van der Waals surface area contributed by atoms with E-state index >= 15 is 0 Å². The molecule has 1 aromatic carbocycles. The van der Waals surface area contributed by atoms with Crippen LogP contribution in [0.1, 0.15) is 16.1 Å². The SMILES string of the molecule is Nc1nc2c(s1)CN(Cc1cccc(Cl)c1)C2. The van der Waals surface area contributed by atoms with E-state index in [-0.39, 0.29) is 0 Å². The molecule has 0 saturated carbocycles. The summed E-state index contributed by atoms with van der Waals surface area (Å²) < 4.78 is 0. The topological polar surface area (TPSA) is 42.1 Å². The maximum absolute atomic E-state index is 5.97. The van der Waals surface area contributed by atoms with Crippen molar-refractivity contribution in [2.75, 3.05) is 5.73 Å². The normalized spacial score (nSPS) is 15.1. The number of nitrogens with two attached hydrogens (primary N) is 1. The first-order valence-electron chi connectivity index (χ1n) is 5.41. The fourth-order valence-corrected chi connectivity index (χ4v) is 3.22. The van der Waals surface area contributed by atoms with Gasteiger partial charge in [-0.3, -0.25) is 4.90 Å². The van der Waals surface area contributed by atoms with E-state index in [0.29, 0.717) is 5.13 Å². The van der Waals surface area contributed by atoms with E-state index in [1.54, 1.807) is 11.3 Å². The number of hydrogen-bond acceptors (Lipinski definition) is 4. The third-order valence-corrected chi connectivity index (χ3v) is 3.98. The van der Waals surface area contributed by atoms with Crippen LogP contribution in [0, 0.1) is 0 Å². The van der Waals surface area contributed by atoms with Crippen LogP contribution in [0.2, 0.25) is 5.02 Å². The standard InChI is InChI=1S/C12H12ClN3S/c13-9-3-1-2-8(4-9)5-16-6-10-11(7-16)17-12(14)15-10/h1-4H,5-7H2,(H2,14,15). The van der Waals surface area contributed by atoms with E-state index in [0.717, 1.165) is 30.4 Å². The zero-order valence-corrected chi connectivity index (χ0v) is 10.8. The Morgan fingerprint density at radius 3 is 3.06 bits per heavy atom. The molecule has 3 rings (SSSR count). The zero-order valence-electron chi connectivity index (χ0n) is 9.19. The van der Waals surface area contributed by atoms with Crippen LogP contribution in [0.3, 0.4) is 0 Å². The molecule has 3 nitrogen and oxygen atoms in total. The number of benzene rings is 1. The molecule has 1 aliphatic heterocycles. The van der Waals surface area contributed by atoms with E-state index in [9.17, 15) is 0 Å². The molecule has 0 radical (unpaired) electrons. The molecule has 2 N–H and O–H groups in total. The number of nitrogens with zero attached hydrogens (tertiary/aromatic N) is 2. The smallest absolute Gasteiger partial charge is 0.180 e. The zero-order chi connectivity index (χ0) is 11.8. The van der Waals surface area contributed by atoms with E-state index < -0.39 is 0 Å². The summed E-state index contributed by atoms with van der Waals surface area (Å²) in [5, 5.41) is 1.47. The second-order valence-corrected chi connectivity index (χ2v) is 5.75. The van der Waals surface area contributed by atoms with Gasteiger partial charge in [0.15, 0.2) is 5.13 Å². The van der Waals surface area contributed by atoms with Crippen molar-refractivity contribution in [2.24, 2.45) is 0 Å². The second kappa shape index (κ2) is 4.29. The predicted octanol–water partition coefficient (Wildman–Crippen LogP) is 2.89. The number of nitrogen functional groups attached to an aromatic ring is 1. The van der Waals surface area contributed by atoms with E-state index in [4.69, 9.17) is 17.3 Å². The van der Waals surface area contributed by atoms with Crippen LogP contribution < -0.4 is 5.73 Å². The Labute approximate surface area is 109 Å². The molecular formula is C12H12ClN3S. The van der Waals surface area contributed by atoms with Gasteiger partial charge in [0.1, 0.15) is 0 Å². The van der Waals surface area contributed by atoms with Crippen molar-refractivity contribution in [2.45, 2.75) is 19.6 Å². The Morgan fingerprint density at radius 1 is 1.41 bits per heavy atom. The molecule has 1 aliphatic rings. The second-order valence-electron chi connectivity index (χ2n) is 4.20. The fraction of sp³-hybridized carbons (Fsp3) is 0.250. The van der Waals surface area contributed by atoms with E-state index in [1.165, 1.54) is 10.4 Å². The largest absolute Gasteiger partial charge is 0.375 e. The first-order chi connectivity index (χ1) is 8.20. The monoisotopic (exact) mass is 265 g/mol. The van der Waals surface area contributed by atoms with Gasteiger partial charge in [0, 0.05) is 29.5 Å². The highest BCUT2D eigenvalue weighted by Gasteiger charge is 2.22. The van der Waals surface area contributed by atoms with Gasteiger partial charge in [-0.1, -0.05) is 23.7 Å². The molecule has 0 atom stereocenters. The molecule has 1 aromatic heterocycles. The van der Waals surface area contributed by atoms with Gasteiger partial charge in [0.2, 0.25) is 0 Å². The number of fused-ring (bicyclic) bond motifs is 1. The quantitative estimate of drug-likeness (QED) is 0.908. The van der Waals surface area contributed by atoms with Crippen molar-refractivity contribution in [1.82, 2.24) is 9.88 Å². The molecule has 0 aliphatic carbocycles. The maximum atomic E-state index is 5.97. The maximum Gasteiger partial charge on any atom is 0.180 e. The van der Waals surface area contributed by atoms with Crippen LogP contribution in [0.5, 0.6) is 0 Å². The molecule has 0 amide bonds. The Hall–Kier alpha value is -1.10. The summed E-state index contributed by atoms with van der Waals surface area (Å²) in [7, 11) is 0.